The van der Waals surface area contributed by atoms with Crippen LogP contribution >= 0.6 is 0 Å². The number of anilines is 1. The van der Waals surface area contributed by atoms with Gasteiger partial charge < -0.3 is 11.5 Å². The van der Waals surface area contributed by atoms with Crippen LogP contribution in [0.5, 0.6) is 0 Å². The van der Waals surface area contributed by atoms with Crippen molar-refractivity contribution in [3.63, 3.8) is 0 Å². The average molecular weight is 190 g/mol. The van der Waals surface area contributed by atoms with Crippen molar-refractivity contribution >= 4 is 5.69 Å². The van der Waals surface area contributed by atoms with Crippen molar-refractivity contribution in [3.8, 4) is 5.95 Å². The van der Waals surface area contributed by atoms with E-state index in [1.807, 2.05) is 0 Å². The minimum atomic E-state index is 0.432. The number of nitrogens with two attached hydrogens (primary N) is 2. The van der Waals surface area contributed by atoms with Gasteiger partial charge in [-0.2, -0.15) is 5.10 Å². The van der Waals surface area contributed by atoms with E-state index in [0.717, 1.165) is 5.56 Å². The molecule has 0 saturated carbocycles. The zero-order chi connectivity index (χ0) is 9.97. The van der Waals surface area contributed by atoms with E-state index in [1.165, 1.54) is 4.68 Å². The lowest BCUT2D eigenvalue weighted by Gasteiger charge is -1.99. The molecule has 0 atom stereocenters. The Morgan fingerprint density at radius 1 is 1.21 bits per heavy atom. The van der Waals surface area contributed by atoms with Gasteiger partial charge in [-0.15, -0.1) is 0 Å². The standard InChI is InChI=1S/C8H10N6/c9-1-6-2-11-8(12-3-6)14-5-7(10)4-13-14/h2-5H,1,9-10H2. The zero-order valence-corrected chi connectivity index (χ0v) is 7.46. The lowest BCUT2D eigenvalue weighted by molar-refractivity contribution is 0.801. The van der Waals surface area contributed by atoms with Crippen LogP contribution in [-0.2, 0) is 6.54 Å². The minimum Gasteiger partial charge on any atom is -0.396 e. The maximum Gasteiger partial charge on any atom is 0.250 e. The van der Waals surface area contributed by atoms with Gasteiger partial charge in [-0.1, -0.05) is 0 Å². The van der Waals surface area contributed by atoms with Crippen LogP contribution in [0.3, 0.4) is 0 Å². The summed E-state index contributed by atoms with van der Waals surface area (Å²) in [6.07, 6.45) is 6.53. The molecule has 2 aromatic rings. The summed E-state index contributed by atoms with van der Waals surface area (Å²) in [6, 6.07) is 0. The first kappa shape index (κ1) is 8.64. The fraction of sp³-hybridized carbons (Fsp3) is 0.125. The molecule has 2 aromatic heterocycles. The van der Waals surface area contributed by atoms with Gasteiger partial charge in [0.2, 0.25) is 0 Å². The Labute approximate surface area is 80.6 Å². The second kappa shape index (κ2) is 3.43. The Balaban J connectivity index is 2.33. The average Bonchev–Trinajstić information content (AvgIpc) is 2.65. The first-order valence-electron chi connectivity index (χ1n) is 4.11. The van der Waals surface area contributed by atoms with Crippen molar-refractivity contribution in [3.05, 3.63) is 30.4 Å². The summed E-state index contributed by atoms with van der Waals surface area (Å²) >= 11 is 0. The molecule has 2 heterocycles. The second-order valence-corrected chi connectivity index (χ2v) is 2.81. The van der Waals surface area contributed by atoms with E-state index in [4.69, 9.17) is 11.5 Å². The van der Waals surface area contributed by atoms with E-state index < -0.39 is 0 Å². The molecule has 0 fully saturated rings. The topological polar surface area (TPSA) is 95.6 Å². The molecule has 0 aliphatic rings. The molecule has 6 heteroatoms. The quantitative estimate of drug-likeness (QED) is 0.678. The van der Waals surface area contributed by atoms with Gasteiger partial charge in [0, 0.05) is 24.5 Å². The van der Waals surface area contributed by atoms with E-state index in [1.54, 1.807) is 24.8 Å². The highest BCUT2D eigenvalue weighted by Crippen LogP contribution is 2.03. The van der Waals surface area contributed by atoms with Crippen molar-refractivity contribution in [2.75, 3.05) is 5.73 Å². The molecule has 14 heavy (non-hydrogen) atoms. The third-order valence-electron chi connectivity index (χ3n) is 1.73. The number of aromatic nitrogens is 4. The number of hydrogen-bond donors (Lipinski definition) is 2. The van der Waals surface area contributed by atoms with Gasteiger partial charge in [0.05, 0.1) is 18.1 Å². The summed E-state index contributed by atoms with van der Waals surface area (Å²) in [5, 5.41) is 3.98. The van der Waals surface area contributed by atoms with Crippen molar-refractivity contribution < 1.29 is 0 Å². The van der Waals surface area contributed by atoms with E-state index >= 15 is 0 Å². The van der Waals surface area contributed by atoms with Gasteiger partial charge in [-0.25, -0.2) is 14.6 Å². The summed E-state index contributed by atoms with van der Waals surface area (Å²) in [4.78, 5) is 8.17. The van der Waals surface area contributed by atoms with Gasteiger partial charge in [0.15, 0.2) is 0 Å². The Morgan fingerprint density at radius 2 is 1.93 bits per heavy atom. The van der Waals surface area contributed by atoms with Crippen molar-refractivity contribution in [1.29, 1.82) is 0 Å². The highest BCUT2D eigenvalue weighted by molar-refractivity contribution is 5.33. The van der Waals surface area contributed by atoms with Gasteiger partial charge >= 0.3 is 0 Å². The lowest BCUT2D eigenvalue weighted by atomic mass is 10.3. The first-order chi connectivity index (χ1) is 6.79. The van der Waals surface area contributed by atoms with Crippen LogP contribution in [0.4, 0.5) is 5.69 Å². The molecule has 0 aromatic carbocycles. The molecule has 0 saturated heterocycles. The summed E-state index contributed by atoms with van der Waals surface area (Å²) in [5.74, 6) is 0.485. The molecule has 0 unspecified atom stereocenters. The Bertz CT molecular complexity index is 418. The first-order valence-corrected chi connectivity index (χ1v) is 4.11. The van der Waals surface area contributed by atoms with E-state index in [0.29, 0.717) is 18.2 Å². The van der Waals surface area contributed by atoms with Crippen LogP contribution < -0.4 is 11.5 Å². The minimum absolute atomic E-state index is 0.432. The molecular formula is C8H10N6. The molecule has 6 nitrogen and oxygen atoms in total. The molecule has 72 valence electrons. The highest BCUT2D eigenvalue weighted by atomic mass is 15.3. The second-order valence-electron chi connectivity index (χ2n) is 2.81. The molecule has 0 aliphatic carbocycles. The third kappa shape index (κ3) is 1.55. The molecular weight excluding hydrogens is 180 g/mol. The Morgan fingerprint density at radius 3 is 2.43 bits per heavy atom. The van der Waals surface area contributed by atoms with Crippen LogP contribution in [0, 0.1) is 0 Å². The predicted octanol–water partition coefficient (Wildman–Crippen LogP) is -0.297. The monoisotopic (exact) mass is 190 g/mol. The third-order valence-corrected chi connectivity index (χ3v) is 1.73. The van der Waals surface area contributed by atoms with Gasteiger partial charge in [-0.3, -0.25) is 0 Å². The van der Waals surface area contributed by atoms with Crippen LogP contribution in [0.25, 0.3) is 5.95 Å². The van der Waals surface area contributed by atoms with Crippen molar-refractivity contribution in [2.45, 2.75) is 6.54 Å². The van der Waals surface area contributed by atoms with E-state index in [9.17, 15) is 0 Å². The SMILES string of the molecule is NCc1cnc(-n2cc(N)cn2)nc1. The maximum atomic E-state index is 5.51. The van der Waals surface area contributed by atoms with Crippen molar-refractivity contribution in [1.82, 2.24) is 19.7 Å². The predicted molar refractivity (Wildman–Crippen MR) is 51.5 cm³/mol. The largest absolute Gasteiger partial charge is 0.396 e. The van der Waals surface area contributed by atoms with Crippen molar-refractivity contribution in [2.24, 2.45) is 5.73 Å². The summed E-state index contributed by atoms with van der Waals surface area (Å²) in [6.45, 7) is 0.432. The van der Waals surface area contributed by atoms with Crippen LogP contribution in [-0.4, -0.2) is 19.7 Å². The maximum absolute atomic E-state index is 5.51. The van der Waals surface area contributed by atoms with E-state index in [-0.39, 0.29) is 0 Å². The number of nitrogen functional groups attached to an aromatic ring is 1. The lowest BCUT2D eigenvalue weighted by Crippen LogP contribution is -2.04. The Kier molecular flexibility index (Phi) is 2.11. The summed E-state index contributed by atoms with van der Waals surface area (Å²) in [5.41, 5.74) is 12.4. The molecule has 2 rings (SSSR count). The fourth-order valence-electron chi connectivity index (χ4n) is 1.02. The molecule has 0 aliphatic heterocycles. The molecule has 4 N–H and O–H groups in total. The summed E-state index contributed by atoms with van der Waals surface area (Å²) < 4.78 is 1.51. The van der Waals surface area contributed by atoms with Crippen LogP contribution in [0.2, 0.25) is 0 Å². The molecule has 0 bridgehead atoms. The zero-order valence-electron chi connectivity index (χ0n) is 7.46. The smallest absolute Gasteiger partial charge is 0.250 e. The summed E-state index contributed by atoms with van der Waals surface area (Å²) in [7, 11) is 0. The molecule has 0 amide bonds. The Hall–Kier alpha value is -1.95. The molecule has 0 radical (unpaired) electrons. The van der Waals surface area contributed by atoms with Crippen LogP contribution in [0.1, 0.15) is 5.56 Å². The number of nitrogens with zero attached hydrogens (tertiary/aromatic N) is 4. The normalized spacial score (nSPS) is 10.4. The number of hydrogen-bond acceptors (Lipinski definition) is 5. The van der Waals surface area contributed by atoms with Gasteiger partial charge in [0.1, 0.15) is 0 Å². The van der Waals surface area contributed by atoms with E-state index in [2.05, 4.69) is 15.1 Å². The highest BCUT2D eigenvalue weighted by Gasteiger charge is 2.00. The molecule has 0 spiro atoms. The van der Waals surface area contributed by atoms with Gasteiger partial charge in [-0.05, 0) is 0 Å². The number of rotatable bonds is 2. The van der Waals surface area contributed by atoms with Crippen LogP contribution in [0.15, 0.2) is 24.8 Å². The van der Waals surface area contributed by atoms with Gasteiger partial charge in [0.25, 0.3) is 5.95 Å². The fourth-order valence-corrected chi connectivity index (χ4v) is 1.02.